The third kappa shape index (κ3) is 4.14. The van der Waals surface area contributed by atoms with Crippen LogP contribution in [-0.4, -0.2) is 18.2 Å². The highest BCUT2D eigenvalue weighted by molar-refractivity contribution is 9.10. The fraction of sp³-hybridized carbons (Fsp3) is 0.438. The van der Waals surface area contributed by atoms with Gasteiger partial charge >= 0.3 is 0 Å². The molecule has 23 heavy (non-hydrogen) atoms. The fourth-order valence-corrected chi connectivity index (χ4v) is 3.75. The maximum atomic E-state index is 12.8. The number of nitrogens with one attached hydrogen (secondary N) is 1. The monoisotopic (exact) mass is 399 g/mol. The third-order valence-electron chi connectivity index (χ3n) is 3.32. The number of rotatable bonds is 4. The lowest BCUT2D eigenvalue weighted by Gasteiger charge is -2.18. The van der Waals surface area contributed by atoms with E-state index in [1.165, 1.54) is 0 Å². The van der Waals surface area contributed by atoms with Crippen molar-refractivity contribution in [2.75, 3.05) is 4.72 Å². The zero-order valence-corrected chi connectivity index (χ0v) is 16.4. The Bertz CT molecular complexity index is 788. The van der Waals surface area contributed by atoms with Gasteiger partial charge in [0, 0.05) is 27.8 Å². The van der Waals surface area contributed by atoms with E-state index in [0.717, 1.165) is 4.47 Å². The molecule has 5 nitrogen and oxygen atoms in total. The van der Waals surface area contributed by atoms with E-state index in [-0.39, 0.29) is 16.4 Å². The van der Waals surface area contributed by atoms with Crippen molar-refractivity contribution >= 4 is 31.6 Å². The van der Waals surface area contributed by atoms with Crippen molar-refractivity contribution in [1.82, 2.24) is 9.78 Å². The van der Waals surface area contributed by atoms with Gasteiger partial charge in [-0.05, 0) is 38.1 Å². The van der Waals surface area contributed by atoms with Gasteiger partial charge in [-0.2, -0.15) is 5.10 Å². The number of halogens is 1. The van der Waals surface area contributed by atoms with E-state index in [4.69, 9.17) is 0 Å². The van der Waals surface area contributed by atoms with Crippen LogP contribution in [0.5, 0.6) is 0 Å². The predicted octanol–water partition coefficient (Wildman–Crippen LogP) is 4.32. The molecule has 0 spiro atoms. The molecule has 2 aromatic rings. The van der Waals surface area contributed by atoms with Crippen LogP contribution in [0.4, 0.5) is 5.69 Å². The summed E-state index contributed by atoms with van der Waals surface area (Å²) in [5, 5.41) is 4.49. The second-order valence-corrected chi connectivity index (χ2v) is 9.34. The van der Waals surface area contributed by atoms with Gasteiger partial charge in [0.15, 0.2) is 0 Å². The first-order valence-electron chi connectivity index (χ1n) is 7.39. The van der Waals surface area contributed by atoms with Crippen LogP contribution in [0.25, 0.3) is 0 Å². The SMILES string of the molecule is CC(C)n1cc(S(=O)(=O)Nc2ccc(Br)cc2)c(C(C)(C)C)n1. The minimum Gasteiger partial charge on any atom is -0.280 e. The molecule has 0 amide bonds. The minimum atomic E-state index is -3.70. The number of benzene rings is 1. The molecule has 0 fully saturated rings. The lowest BCUT2D eigenvalue weighted by molar-refractivity contribution is 0.493. The van der Waals surface area contributed by atoms with E-state index in [9.17, 15) is 8.42 Å². The molecule has 0 aliphatic carbocycles. The summed E-state index contributed by atoms with van der Waals surface area (Å²) in [5.41, 5.74) is 0.713. The van der Waals surface area contributed by atoms with Crippen LogP contribution in [0.3, 0.4) is 0 Å². The van der Waals surface area contributed by atoms with Crippen LogP contribution in [0.2, 0.25) is 0 Å². The van der Waals surface area contributed by atoms with Crippen molar-refractivity contribution in [1.29, 1.82) is 0 Å². The van der Waals surface area contributed by atoms with Gasteiger partial charge in [-0.25, -0.2) is 8.42 Å². The molecule has 1 aromatic heterocycles. The number of sulfonamides is 1. The third-order valence-corrected chi connectivity index (χ3v) is 5.23. The summed E-state index contributed by atoms with van der Waals surface area (Å²) in [6.07, 6.45) is 1.60. The van der Waals surface area contributed by atoms with Gasteiger partial charge in [0.2, 0.25) is 0 Å². The average Bonchev–Trinajstić information content (AvgIpc) is 2.87. The molecule has 0 aliphatic heterocycles. The lowest BCUT2D eigenvalue weighted by Crippen LogP contribution is -2.20. The second kappa shape index (κ2) is 6.28. The molecule has 0 aliphatic rings. The summed E-state index contributed by atoms with van der Waals surface area (Å²) in [4.78, 5) is 0.224. The Balaban J connectivity index is 2.48. The number of nitrogens with zero attached hydrogens (tertiary/aromatic N) is 2. The highest BCUT2D eigenvalue weighted by Gasteiger charge is 2.30. The van der Waals surface area contributed by atoms with E-state index in [1.807, 2.05) is 34.6 Å². The highest BCUT2D eigenvalue weighted by Crippen LogP contribution is 2.30. The molecular weight excluding hydrogens is 378 g/mol. The van der Waals surface area contributed by atoms with Gasteiger partial charge in [-0.1, -0.05) is 36.7 Å². The first kappa shape index (κ1) is 18.0. The van der Waals surface area contributed by atoms with Gasteiger partial charge in [-0.3, -0.25) is 9.40 Å². The molecule has 0 bridgehead atoms. The van der Waals surface area contributed by atoms with E-state index < -0.39 is 10.0 Å². The summed E-state index contributed by atoms with van der Waals surface area (Å²) in [5.74, 6) is 0. The molecule has 0 saturated heterocycles. The van der Waals surface area contributed by atoms with Crippen LogP contribution in [-0.2, 0) is 15.4 Å². The molecule has 2 rings (SSSR count). The Kier molecular flexibility index (Phi) is 4.92. The first-order chi connectivity index (χ1) is 10.5. The van der Waals surface area contributed by atoms with Crippen LogP contribution in [0.1, 0.15) is 46.4 Å². The molecule has 0 saturated carbocycles. The lowest BCUT2D eigenvalue weighted by atomic mass is 9.92. The standard InChI is InChI=1S/C16H22BrN3O2S/c1-11(2)20-10-14(15(18-20)16(3,4)5)23(21,22)19-13-8-6-12(17)7-9-13/h6-11,19H,1-5H3. The number of aromatic nitrogens is 2. The number of hydrogen-bond donors (Lipinski definition) is 1. The van der Waals surface area contributed by atoms with Gasteiger partial charge in [0.1, 0.15) is 4.90 Å². The molecule has 1 heterocycles. The summed E-state index contributed by atoms with van der Waals surface area (Å²) in [6.45, 7) is 9.81. The summed E-state index contributed by atoms with van der Waals surface area (Å²) in [7, 11) is -3.70. The maximum Gasteiger partial charge on any atom is 0.265 e. The maximum absolute atomic E-state index is 12.8. The molecule has 0 atom stereocenters. The largest absolute Gasteiger partial charge is 0.280 e. The van der Waals surface area contributed by atoms with Gasteiger partial charge in [0.25, 0.3) is 10.0 Å². The Morgan fingerprint density at radius 2 is 1.74 bits per heavy atom. The zero-order valence-electron chi connectivity index (χ0n) is 14.0. The Labute approximate surface area is 146 Å². The van der Waals surface area contributed by atoms with Crippen molar-refractivity contribution in [3.05, 3.63) is 40.6 Å². The van der Waals surface area contributed by atoms with Crippen molar-refractivity contribution in [2.24, 2.45) is 0 Å². The quantitative estimate of drug-likeness (QED) is 0.831. The molecule has 7 heteroatoms. The normalized spacial score (nSPS) is 12.7. The van der Waals surface area contributed by atoms with E-state index in [0.29, 0.717) is 11.4 Å². The topological polar surface area (TPSA) is 64.0 Å². The highest BCUT2D eigenvalue weighted by atomic mass is 79.9. The minimum absolute atomic E-state index is 0.0905. The molecular formula is C16H22BrN3O2S. The number of hydrogen-bond acceptors (Lipinski definition) is 3. The fourth-order valence-electron chi connectivity index (χ4n) is 2.08. The van der Waals surface area contributed by atoms with Crippen molar-refractivity contribution < 1.29 is 8.42 Å². The predicted molar refractivity (Wildman–Crippen MR) is 96.3 cm³/mol. The smallest absolute Gasteiger partial charge is 0.265 e. The molecule has 1 aromatic carbocycles. The molecule has 126 valence electrons. The van der Waals surface area contributed by atoms with Crippen LogP contribution in [0.15, 0.2) is 39.8 Å². The zero-order chi connectivity index (χ0) is 17.4. The summed E-state index contributed by atoms with van der Waals surface area (Å²) < 4.78 is 30.8. The van der Waals surface area contributed by atoms with Crippen LogP contribution < -0.4 is 4.72 Å². The summed E-state index contributed by atoms with van der Waals surface area (Å²) >= 11 is 3.34. The van der Waals surface area contributed by atoms with Crippen molar-refractivity contribution in [3.63, 3.8) is 0 Å². The number of anilines is 1. The summed E-state index contributed by atoms with van der Waals surface area (Å²) in [6, 6.07) is 7.10. The molecule has 0 unspecified atom stereocenters. The Hall–Kier alpha value is -1.34. The van der Waals surface area contributed by atoms with Crippen molar-refractivity contribution in [2.45, 2.75) is 51.0 Å². The van der Waals surface area contributed by atoms with E-state index in [2.05, 4.69) is 25.8 Å². The van der Waals surface area contributed by atoms with E-state index >= 15 is 0 Å². The average molecular weight is 400 g/mol. The van der Waals surface area contributed by atoms with Crippen molar-refractivity contribution in [3.8, 4) is 0 Å². The van der Waals surface area contributed by atoms with Gasteiger partial charge in [0.05, 0.1) is 5.69 Å². The first-order valence-corrected chi connectivity index (χ1v) is 9.66. The van der Waals surface area contributed by atoms with E-state index in [1.54, 1.807) is 35.1 Å². The molecule has 1 N–H and O–H groups in total. The van der Waals surface area contributed by atoms with Gasteiger partial charge < -0.3 is 0 Å². The Morgan fingerprint density at radius 3 is 2.22 bits per heavy atom. The molecule has 0 radical (unpaired) electrons. The Morgan fingerprint density at radius 1 is 1.17 bits per heavy atom. The van der Waals surface area contributed by atoms with Crippen LogP contribution in [0, 0.1) is 0 Å². The van der Waals surface area contributed by atoms with Crippen LogP contribution >= 0.6 is 15.9 Å². The van der Waals surface area contributed by atoms with Gasteiger partial charge in [-0.15, -0.1) is 0 Å². The second-order valence-electron chi connectivity index (χ2n) is 6.78.